The Morgan fingerprint density at radius 2 is 1.79 bits per heavy atom. The number of carbonyl (C=O) groups is 1. The number of imidazole rings is 1. The summed E-state index contributed by atoms with van der Waals surface area (Å²) in [7, 11) is 1.42. The molecule has 4 aromatic rings. The summed E-state index contributed by atoms with van der Waals surface area (Å²) in [5.74, 6) is 0.385. The number of nitrogens with one attached hydrogen (secondary N) is 1. The van der Waals surface area contributed by atoms with Gasteiger partial charge in [-0.2, -0.15) is 0 Å². The summed E-state index contributed by atoms with van der Waals surface area (Å²) in [6.45, 7) is 1.90. The average Bonchev–Trinajstić information content (AvgIpc) is 3.09. The van der Waals surface area contributed by atoms with E-state index in [0.29, 0.717) is 5.57 Å². The van der Waals surface area contributed by atoms with Crippen LogP contribution in [0.25, 0.3) is 21.8 Å². The van der Waals surface area contributed by atoms with Crippen LogP contribution in [0.3, 0.4) is 0 Å². The molecule has 0 radical (unpaired) electrons. The minimum atomic E-state index is -0.341. The zero-order chi connectivity index (χ0) is 19.3. The van der Waals surface area contributed by atoms with E-state index in [0.717, 1.165) is 39.0 Å². The summed E-state index contributed by atoms with van der Waals surface area (Å²) in [6.07, 6.45) is 0. The standard InChI is InChI=1S/C23H19N3O2/c1-14-20(22(27)28-2)21(17-11-7-9-15-8-3-4-10-16(15)17)26-19-13-6-5-12-18(19)25-23(26)24-14/h3-13,21H,1-2H3,(H,24,25)/t21-/m1/s1. The van der Waals surface area contributed by atoms with Gasteiger partial charge in [0.25, 0.3) is 0 Å². The molecule has 0 spiro atoms. The van der Waals surface area contributed by atoms with Crippen LogP contribution in [0.2, 0.25) is 0 Å². The van der Waals surface area contributed by atoms with Crippen LogP contribution in [0.4, 0.5) is 5.95 Å². The van der Waals surface area contributed by atoms with Gasteiger partial charge in [0, 0.05) is 5.70 Å². The van der Waals surface area contributed by atoms with Gasteiger partial charge in [-0.05, 0) is 35.4 Å². The van der Waals surface area contributed by atoms with E-state index >= 15 is 0 Å². The molecule has 0 fully saturated rings. The normalized spacial score (nSPS) is 16.1. The number of methoxy groups -OCH3 is 1. The number of allylic oxidation sites excluding steroid dienone is 1. The molecule has 28 heavy (non-hydrogen) atoms. The number of ether oxygens (including phenoxy) is 1. The predicted molar refractivity (Wildman–Crippen MR) is 110 cm³/mol. The molecule has 0 bridgehead atoms. The molecule has 2 heterocycles. The maximum Gasteiger partial charge on any atom is 0.337 e. The number of hydrogen-bond acceptors (Lipinski definition) is 4. The van der Waals surface area contributed by atoms with Crippen LogP contribution in [0.1, 0.15) is 18.5 Å². The number of rotatable bonds is 2. The largest absolute Gasteiger partial charge is 0.466 e. The van der Waals surface area contributed by atoms with Crippen LogP contribution in [-0.4, -0.2) is 22.6 Å². The average molecular weight is 369 g/mol. The molecule has 0 unspecified atom stereocenters. The van der Waals surface area contributed by atoms with Crippen LogP contribution < -0.4 is 5.32 Å². The van der Waals surface area contributed by atoms with Crippen molar-refractivity contribution in [3.8, 4) is 0 Å². The molecule has 138 valence electrons. The predicted octanol–water partition coefficient (Wildman–Crippen LogP) is 4.65. The molecule has 1 aromatic heterocycles. The molecule has 1 N–H and O–H groups in total. The zero-order valence-electron chi connectivity index (χ0n) is 15.6. The van der Waals surface area contributed by atoms with Crippen molar-refractivity contribution in [1.29, 1.82) is 0 Å². The first-order valence-electron chi connectivity index (χ1n) is 9.20. The topological polar surface area (TPSA) is 56.1 Å². The molecule has 5 nitrogen and oxygen atoms in total. The summed E-state index contributed by atoms with van der Waals surface area (Å²) >= 11 is 0. The number of benzene rings is 3. The van der Waals surface area contributed by atoms with E-state index < -0.39 is 0 Å². The molecular weight excluding hydrogens is 350 g/mol. The Hall–Kier alpha value is -3.60. The number of esters is 1. The molecule has 5 heteroatoms. The molecule has 1 aliphatic heterocycles. The number of carbonyl (C=O) groups excluding carboxylic acids is 1. The van der Waals surface area contributed by atoms with Gasteiger partial charge < -0.3 is 10.1 Å². The van der Waals surface area contributed by atoms with E-state index in [2.05, 4.69) is 34.1 Å². The van der Waals surface area contributed by atoms with Crippen LogP contribution in [0.15, 0.2) is 78.0 Å². The number of aromatic nitrogens is 2. The lowest BCUT2D eigenvalue weighted by molar-refractivity contribution is -0.136. The molecule has 0 saturated carbocycles. The van der Waals surface area contributed by atoms with Gasteiger partial charge in [-0.15, -0.1) is 0 Å². The lowest BCUT2D eigenvalue weighted by Gasteiger charge is -2.30. The molecule has 0 amide bonds. The Bertz CT molecular complexity index is 1260. The van der Waals surface area contributed by atoms with Gasteiger partial charge >= 0.3 is 5.97 Å². The Morgan fingerprint density at radius 1 is 1.04 bits per heavy atom. The quantitative estimate of drug-likeness (QED) is 0.523. The first-order valence-corrected chi connectivity index (χ1v) is 9.20. The van der Waals surface area contributed by atoms with Crippen molar-refractivity contribution < 1.29 is 9.53 Å². The third kappa shape index (κ3) is 2.33. The van der Waals surface area contributed by atoms with Crippen molar-refractivity contribution >= 4 is 33.7 Å². The van der Waals surface area contributed by atoms with E-state index in [9.17, 15) is 4.79 Å². The molecular formula is C23H19N3O2. The van der Waals surface area contributed by atoms with Gasteiger partial charge in [-0.1, -0.05) is 54.6 Å². The van der Waals surface area contributed by atoms with Gasteiger partial charge in [0.1, 0.15) is 0 Å². The number of fused-ring (bicyclic) bond motifs is 4. The molecule has 5 rings (SSSR count). The lowest BCUT2D eigenvalue weighted by Crippen LogP contribution is -2.28. The zero-order valence-corrected chi connectivity index (χ0v) is 15.6. The number of nitrogens with zero attached hydrogens (tertiary/aromatic N) is 2. The van der Waals surface area contributed by atoms with Crippen molar-refractivity contribution in [3.63, 3.8) is 0 Å². The van der Waals surface area contributed by atoms with Crippen LogP contribution in [0, 0.1) is 0 Å². The number of hydrogen-bond donors (Lipinski definition) is 1. The van der Waals surface area contributed by atoms with Gasteiger partial charge in [0.2, 0.25) is 5.95 Å². The van der Waals surface area contributed by atoms with E-state index in [1.165, 1.54) is 7.11 Å². The summed E-state index contributed by atoms with van der Waals surface area (Å²) in [4.78, 5) is 17.6. The third-order valence-electron chi connectivity index (χ3n) is 5.35. The summed E-state index contributed by atoms with van der Waals surface area (Å²) < 4.78 is 7.25. The third-order valence-corrected chi connectivity index (χ3v) is 5.35. The van der Waals surface area contributed by atoms with Crippen LogP contribution >= 0.6 is 0 Å². The second kappa shape index (κ2) is 6.23. The molecule has 1 atom stereocenters. The Labute approximate surface area is 162 Å². The molecule has 0 aliphatic carbocycles. The summed E-state index contributed by atoms with van der Waals surface area (Å²) in [5, 5.41) is 5.53. The Morgan fingerprint density at radius 3 is 2.64 bits per heavy atom. The fraction of sp³-hybridized carbons (Fsp3) is 0.130. The summed E-state index contributed by atoms with van der Waals surface area (Å²) in [6, 6.07) is 22.0. The van der Waals surface area contributed by atoms with E-state index in [1.54, 1.807) is 0 Å². The lowest BCUT2D eigenvalue weighted by atomic mass is 9.91. The maximum atomic E-state index is 12.8. The minimum Gasteiger partial charge on any atom is -0.466 e. The smallest absolute Gasteiger partial charge is 0.337 e. The van der Waals surface area contributed by atoms with E-state index in [4.69, 9.17) is 9.72 Å². The van der Waals surface area contributed by atoms with Gasteiger partial charge in [-0.25, -0.2) is 9.78 Å². The van der Waals surface area contributed by atoms with Gasteiger partial charge in [0.15, 0.2) is 0 Å². The second-order valence-corrected chi connectivity index (χ2v) is 6.92. The first kappa shape index (κ1) is 16.6. The molecule has 3 aromatic carbocycles. The monoisotopic (exact) mass is 369 g/mol. The van der Waals surface area contributed by atoms with Gasteiger partial charge in [-0.3, -0.25) is 4.57 Å². The van der Waals surface area contributed by atoms with Crippen LogP contribution in [-0.2, 0) is 9.53 Å². The molecule has 0 saturated heterocycles. The SMILES string of the molecule is COC(=O)C1=C(C)Nc2nc3ccccc3n2[C@@H]1c1cccc2ccccc12. The fourth-order valence-corrected chi connectivity index (χ4v) is 4.12. The maximum absolute atomic E-state index is 12.8. The number of para-hydroxylation sites is 2. The van der Waals surface area contributed by atoms with Crippen molar-refractivity contribution in [3.05, 3.63) is 83.6 Å². The first-order chi connectivity index (χ1) is 13.7. The summed E-state index contributed by atoms with van der Waals surface area (Å²) in [5.41, 5.74) is 4.25. The van der Waals surface area contributed by atoms with Crippen molar-refractivity contribution in [2.24, 2.45) is 0 Å². The highest BCUT2D eigenvalue weighted by molar-refractivity contribution is 5.96. The Balaban J connectivity index is 1.88. The highest BCUT2D eigenvalue weighted by atomic mass is 16.5. The number of anilines is 1. The van der Waals surface area contributed by atoms with Crippen molar-refractivity contribution in [2.45, 2.75) is 13.0 Å². The Kier molecular flexibility index (Phi) is 3.69. The van der Waals surface area contributed by atoms with E-state index in [1.807, 2.05) is 49.4 Å². The van der Waals surface area contributed by atoms with E-state index in [-0.39, 0.29) is 12.0 Å². The fourth-order valence-electron chi connectivity index (χ4n) is 4.12. The molecule has 1 aliphatic rings. The van der Waals surface area contributed by atoms with Crippen LogP contribution in [0.5, 0.6) is 0 Å². The highest BCUT2D eigenvalue weighted by Gasteiger charge is 2.35. The van der Waals surface area contributed by atoms with Gasteiger partial charge in [0.05, 0.1) is 29.8 Å². The highest BCUT2D eigenvalue weighted by Crippen LogP contribution is 2.41. The minimum absolute atomic E-state index is 0.331. The van der Waals surface area contributed by atoms with Crippen molar-refractivity contribution in [1.82, 2.24) is 9.55 Å². The second-order valence-electron chi connectivity index (χ2n) is 6.92. The van der Waals surface area contributed by atoms with Crippen molar-refractivity contribution in [2.75, 3.05) is 12.4 Å².